The van der Waals surface area contributed by atoms with Crippen LogP contribution in [0.3, 0.4) is 0 Å². The molecule has 1 aromatic carbocycles. The maximum absolute atomic E-state index is 11.8. The van der Waals surface area contributed by atoms with Crippen molar-refractivity contribution >= 4 is 17.6 Å². The highest BCUT2D eigenvalue weighted by molar-refractivity contribution is 6.30. The fourth-order valence-electron chi connectivity index (χ4n) is 1.94. The van der Waals surface area contributed by atoms with E-state index in [9.17, 15) is 4.79 Å². The zero-order valence-electron chi connectivity index (χ0n) is 10.4. The largest absolute Gasteiger partial charge is 0.460 e. The number of rotatable bonds is 2. The number of esters is 1. The van der Waals surface area contributed by atoms with Gasteiger partial charge in [0.25, 0.3) is 0 Å². The van der Waals surface area contributed by atoms with Gasteiger partial charge in [-0.2, -0.15) is 0 Å². The van der Waals surface area contributed by atoms with Crippen LogP contribution in [0, 0.1) is 5.92 Å². The average molecular weight is 253 g/mol. The Morgan fingerprint density at radius 2 is 2.12 bits per heavy atom. The van der Waals surface area contributed by atoms with Crippen molar-refractivity contribution in [2.45, 2.75) is 38.7 Å². The highest BCUT2D eigenvalue weighted by Crippen LogP contribution is 2.48. The lowest BCUT2D eigenvalue weighted by Crippen LogP contribution is -2.25. The summed E-state index contributed by atoms with van der Waals surface area (Å²) in [4.78, 5) is 11.8. The summed E-state index contributed by atoms with van der Waals surface area (Å²) in [6, 6.07) is 7.70. The maximum atomic E-state index is 11.8. The van der Waals surface area contributed by atoms with Crippen LogP contribution in [0.5, 0.6) is 0 Å². The van der Waals surface area contributed by atoms with E-state index >= 15 is 0 Å². The minimum atomic E-state index is -0.404. The summed E-state index contributed by atoms with van der Waals surface area (Å²) >= 11 is 5.93. The van der Waals surface area contributed by atoms with Gasteiger partial charge in [-0.25, -0.2) is 0 Å². The summed E-state index contributed by atoms with van der Waals surface area (Å²) in [6.07, 6.45) is 0.870. The monoisotopic (exact) mass is 252 g/mol. The Morgan fingerprint density at radius 1 is 1.41 bits per heavy atom. The quantitative estimate of drug-likeness (QED) is 0.749. The van der Waals surface area contributed by atoms with E-state index in [2.05, 4.69) is 0 Å². The molecule has 0 heterocycles. The number of ether oxygens (including phenoxy) is 1. The highest BCUT2D eigenvalue weighted by atomic mass is 35.5. The molecule has 0 radical (unpaired) electrons. The lowest BCUT2D eigenvalue weighted by molar-refractivity contribution is -0.156. The zero-order chi connectivity index (χ0) is 12.6. The Balaban J connectivity index is 1.99. The van der Waals surface area contributed by atoms with Gasteiger partial charge in [0.2, 0.25) is 0 Å². The fraction of sp³-hybridized carbons (Fsp3) is 0.500. The molecule has 1 saturated carbocycles. The Hall–Kier alpha value is -1.02. The van der Waals surface area contributed by atoms with E-state index in [1.54, 1.807) is 0 Å². The van der Waals surface area contributed by atoms with Crippen LogP contribution in [-0.2, 0) is 9.53 Å². The molecule has 0 aliphatic heterocycles. The van der Waals surface area contributed by atoms with E-state index in [0.717, 1.165) is 17.0 Å². The third-order valence-electron chi connectivity index (χ3n) is 2.78. The van der Waals surface area contributed by atoms with Crippen LogP contribution >= 0.6 is 11.6 Å². The maximum Gasteiger partial charge on any atom is 0.310 e. The first-order chi connectivity index (χ1) is 7.87. The van der Waals surface area contributed by atoms with Gasteiger partial charge in [-0.15, -0.1) is 0 Å². The SMILES string of the molecule is CC(C)(C)OC(=O)[C@@H]1C[C@@H]1c1cccc(Cl)c1. The average Bonchev–Trinajstić information content (AvgIpc) is 2.94. The second-order valence-corrected chi connectivity index (χ2v) is 5.97. The van der Waals surface area contributed by atoms with Crippen LogP contribution in [0.25, 0.3) is 0 Å². The molecule has 1 aliphatic carbocycles. The van der Waals surface area contributed by atoms with Crippen LogP contribution in [-0.4, -0.2) is 11.6 Å². The lowest BCUT2D eigenvalue weighted by Gasteiger charge is -2.19. The summed E-state index contributed by atoms with van der Waals surface area (Å²) in [7, 11) is 0. The van der Waals surface area contributed by atoms with Crippen molar-refractivity contribution in [3.63, 3.8) is 0 Å². The normalized spacial score (nSPS) is 23.3. The van der Waals surface area contributed by atoms with E-state index in [-0.39, 0.29) is 17.8 Å². The minimum Gasteiger partial charge on any atom is -0.460 e. The first-order valence-corrected chi connectivity index (χ1v) is 6.23. The third-order valence-corrected chi connectivity index (χ3v) is 3.01. The molecule has 0 unspecified atom stereocenters. The molecular weight excluding hydrogens is 236 g/mol. The Kier molecular flexibility index (Phi) is 3.17. The van der Waals surface area contributed by atoms with E-state index < -0.39 is 5.60 Å². The van der Waals surface area contributed by atoms with Crippen molar-refractivity contribution in [3.05, 3.63) is 34.9 Å². The van der Waals surface area contributed by atoms with Gasteiger partial charge in [0.15, 0.2) is 0 Å². The number of hydrogen-bond donors (Lipinski definition) is 0. The van der Waals surface area contributed by atoms with Gasteiger partial charge in [0, 0.05) is 5.02 Å². The number of carbonyl (C=O) groups excluding carboxylic acids is 1. The van der Waals surface area contributed by atoms with Gasteiger partial charge in [0.05, 0.1) is 5.92 Å². The lowest BCUT2D eigenvalue weighted by atomic mass is 10.1. The molecule has 2 nitrogen and oxygen atoms in total. The third kappa shape index (κ3) is 3.22. The minimum absolute atomic E-state index is 0.00712. The topological polar surface area (TPSA) is 26.3 Å². The molecule has 1 aliphatic rings. The fourth-order valence-corrected chi connectivity index (χ4v) is 2.14. The molecule has 92 valence electrons. The molecular formula is C14H17ClO2. The van der Waals surface area contributed by atoms with Crippen LogP contribution < -0.4 is 0 Å². The van der Waals surface area contributed by atoms with Gasteiger partial charge in [-0.05, 0) is 50.8 Å². The first kappa shape index (κ1) is 12.4. The van der Waals surface area contributed by atoms with Gasteiger partial charge in [0.1, 0.15) is 5.60 Å². The summed E-state index contributed by atoms with van der Waals surface area (Å²) in [5.41, 5.74) is 0.729. The molecule has 17 heavy (non-hydrogen) atoms. The molecule has 2 rings (SSSR count). The van der Waals surface area contributed by atoms with Crippen molar-refractivity contribution in [1.82, 2.24) is 0 Å². The molecule has 1 aromatic rings. The predicted octanol–water partition coefficient (Wildman–Crippen LogP) is 3.79. The van der Waals surface area contributed by atoms with E-state index in [1.165, 1.54) is 0 Å². The number of halogens is 1. The molecule has 0 aromatic heterocycles. The Labute approximate surface area is 107 Å². The molecule has 0 N–H and O–H groups in total. The van der Waals surface area contributed by atoms with Crippen LogP contribution in [0.15, 0.2) is 24.3 Å². The molecule has 2 atom stereocenters. The van der Waals surface area contributed by atoms with Crippen LogP contribution in [0.4, 0.5) is 0 Å². The Morgan fingerprint density at radius 3 is 2.71 bits per heavy atom. The standard InChI is InChI=1S/C14H17ClO2/c1-14(2,3)17-13(16)12-8-11(12)9-5-4-6-10(15)7-9/h4-7,11-12H,8H2,1-3H3/t11-,12-/m1/s1. The molecule has 0 bridgehead atoms. The summed E-state index contributed by atoms with van der Waals surface area (Å²) in [5, 5.41) is 0.720. The van der Waals surface area contributed by atoms with Gasteiger partial charge >= 0.3 is 5.97 Å². The number of hydrogen-bond acceptors (Lipinski definition) is 2. The number of carbonyl (C=O) groups is 1. The summed E-state index contributed by atoms with van der Waals surface area (Å²) < 4.78 is 5.37. The van der Waals surface area contributed by atoms with Crippen LogP contribution in [0.1, 0.15) is 38.7 Å². The zero-order valence-corrected chi connectivity index (χ0v) is 11.1. The molecule has 0 spiro atoms. The molecule has 3 heteroatoms. The molecule has 0 saturated heterocycles. The number of benzene rings is 1. The first-order valence-electron chi connectivity index (χ1n) is 5.85. The van der Waals surface area contributed by atoms with Crippen molar-refractivity contribution in [3.8, 4) is 0 Å². The van der Waals surface area contributed by atoms with Crippen molar-refractivity contribution < 1.29 is 9.53 Å². The van der Waals surface area contributed by atoms with Gasteiger partial charge in [-0.1, -0.05) is 23.7 Å². The van der Waals surface area contributed by atoms with Crippen LogP contribution in [0.2, 0.25) is 5.02 Å². The Bertz CT molecular complexity index is 434. The molecule has 0 amide bonds. The second kappa shape index (κ2) is 4.34. The molecule has 1 fully saturated rings. The summed E-state index contributed by atoms with van der Waals surface area (Å²) in [6.45, 7) is 5.67. The predicted molar refractivity (Wildman–Crippen MR) is 68.1 cm³/mol. The van der Waals surface area contributed by atoms with Crippen molar-refractivity contribution in [1.29, 1.82) is 0 Å². The summed E-state index contributed by atoms with van der Waals surface area (Å²) in [5.74, 6) is 0.193. The van der Waals surface area contributed by atoms with Gasteiger partial charge in [-0.3, -0.25) is 4.79 Å². The van der Waals surface area contributed by atoms with E-state index in [0.29, 0.717) is 0 Å². The van der Waals surface area contributed by atoms with Crippen molar-refractivity contribution in [2.75, 3.05) is 0 Å². The second-order valence-electron chi connectivity index (χ2n) is 5.54. The van der Waals surface area contributed by atoms with Gasteiger partial charge < -0.3 is 4.74 Å². The highest BCUT2D eigenvalue weighted by Gasteiger charge is 2.46. The smallest absolute Gasteiger partial charge is 0.310 e. The van der Waals surface area contributed by atoms with E-state index in [4.69, 9.17) is 16.3 Å². The van der Waals surface area contributed by atoms with E-state index in [1.807, 2.05) is 45.0 Å². The van der Waals surface area contributed by atoms with Crippen molar-refractivity contribution in [2.24, 2.45) is 5.92 Å².